The van der Waals surface area contributed by atoms with E-state index in [1.165, 1.54) is 38.5 Å². The van der Waals surface area contributed by atoms with Gasteiger partial charge in [-0.2, -0.15) is 0 Å². The van der Waals surface area contributed by atoms with Crippen molar-refractivity contribution < 1.29 is 27.5 Å². The number of hydrogen-bond acceptors (Lipinski definition) is 6. The van der Waals surface area contributed by atoms with Crippen LogP contribution in [0.15, 0.2) is 42.5 Å². The van der Waals surface area contributed by atoms with Crippen LogP contribution in [0.3, 0.4) is 0 Å². The third kappa shape index (κ3) is 3.65. The third-order valence-electron chi connectivity index (χ3n) is 4.38. The molecule has 1 fully saturated rings. The average Bonchev–Trinajstić information content (AvgIpc) is 2.88. The van der Waals surface area contributed by atoms with Crippen LogP contribution >= 0.6 is 0 Å². The number of carbonyl (C=O) groups is 2. The van der Waals surface area contributed by atoms with Gasteiger partial charge < -0.3 is 14.8 Å². The van der Waals surface area contributed by atoms with Gasteiger partial charge in [-0.25, -0.2) is 12.7 Å². The molecule has 0 aromatic heterocycles. The molecule has 1 aliphatic heterocycles. The van der Waals surface area contributed by atoms with Crippen molar-refractivity contribution in [3.63, 3.8) is 0 Å². The molecule has 2 amide bonds. The lowest BCUT2D eigenvalue weighted by Gasteiger charge is -2.16. The van der Waals surface area contributed by atoms with E-state index in [1.54, 1.807) is 25.1 Å². The molecule has 1 N–H and O–H groups in total. The number of nitrogens with zero attached hydrogens (tertiary/aromatic N) is 1. The zero-order valence-corrected chi connectivity index (χ0v) is 16.4. The van der Waals surface area contributed by atoms with Crippen molar-refractivity contribution in [2.24, 2.45) is 5.92 Å². The molecular formula is C19H20N2O6S. The number of hydrogen-bond donors (Lipinski definition) is 1. The molecule has 2 aromatic rings. The molecule has 0 spiro atoms. The van der Waals surface area contributed by atoms with Gasteiger partial charge in [0.25, 0.3) is 5.91 Å². The standard InChI is InChI=1S/C19H20N2O6S/c1-12-11-28(24,25)21(19(12)23)14-6-4-13(5-7-14)18(22)20-16-10-15(26-2)8-9-17(16)27-3/h4-10,12H,11H2,1-3H3,(H,20,22)/t12-/m1/s1. The smallest absolute Gasteiger partial charge is 0.255 e. The summed E-state index contributed by atoms with van der Waals surface area (Å²) in [6, 6.07) is 10.8. The third-order valence-corrected chi connectivity index (χ3v) is 6.25. The first kappa shape index (κ1) is 19.7. The Morgan fingerprint density at radius 2 is 1.79 bits per heavy atom. The quantitative estimate of drug-likeness (QED) is 0.820. The number of carbonyl (C=O) groups excluding carboxylic acids is 2. The van der Waals surface area contributed by atoms with Crippen LogP contribution in [0.25, 0.3) is 0 Å². The van der Waals surface area contributed by atoms with E-state index in [0.29, 0.717) is 22.7 Å². The maximum atomic E-state index is 12.6. The second-order valence-corrected chi connectivity index (χ2v) is 8.21. The van der Waals surface area contributed by atoms with Gasteiger partial charge in [0.2, 0.25) is 15.9 Å². The van der Waals surface area contributed by atoms with Gasteiger partial charge in [-0.15, -0.1) is 0 Å². The van der Waals surface area contributed by atoms with E-state index in [9.17, 15) is 18.0 Å². The van der Waals surface area contributed by atoms with Gasteiger partial charge in [-0.1, -0.05) is 6.92 Å². The molecule has 1 saturated heterocycles. The van der Waals surface area contributed by atoms with E-state index in [2.05, 4.69) is 5.32 Å². The first-order chi connectivity index (χ1) is 13.3. The van der Waals surface area contributed by atoms with E-state index in [0.717, 1.165) is 4.31 Å². The highest BCUT2D eigenvalue weighted by molar-refractivity contribution is 7.94. The first-order valence-corrected chi connectivity index (χ1v) is 10.1. The van der Waals surface area contributed by atoms with Crippen LogP contribution in [0.2, 0.25) is 0 Å². The Morgan fingerprint density at radius 1 is 1.11 bits per heavy atom. The van der Waals surface area contributed by atoms with Crippen molar-refractivity contribution in [3.05, 3.63) is 48.0 Å². The summed E-state index contributed by atoms with van der Waals surface area (Å²) in [4.78, 5) is 24.7. The van der Waals surface area contributed by atoms with Crippen LogP contribution in [-0.4, -0.2) is 40.2 Å². The molecule has 2 aromatic carbocycles. The molecule has 0 aliphatic carbocycles. The second-order valence-electron chi connectivity index (χ2n) is 6.35. The van der Waals surface area contributed by atoms with Gasteiger partial charge >= 0.3 is 0 Å². The summed E-state index contributed by atoms with van der Waals surface area (Å²) < 4.78 is 35.5. The summed E-state index contributed by atoms with van der Waals surface area (Å²) in [6.07, 6.45) is 0. The van der Waals surface area contributed by atoms with Gasteiger partial charge in [0.05, 0.1) is 37.3 Å². The highest BCUT2D eigenvalue weighted by Gasteiger charge is 2.41. The van der Waals surface area contributed by atoms with Crippen molar-refractivity contribution >= 4 is 33.2 Å². The predicted octanol–water partition coefficient (Wildman–Crippen LogP) is 2.27. The number of rotatable bonds is 5. The fraction of sp³-hybridized carbons (Fsp3) is 0.263. The number of ether oxygens (including phenoxy) is 2. The van der Waals surface area contributed by atoms with Crippen molar-refractivity contribution in [2.45, 2.75) is 6.92 Å². The van der Waals surface area contributed by atoms with Gasteiger partial charge in [0, 0.05) is 11.6 Å². The molecule has 3 rings (SSSR count). The predicted molar refractivity (Wildman–Crippen MR) is 104 cm³/mol. The zero-order valence-electron chi connectivity index (χ0n) is 15.6. The molecule has 8 nitrogen and oxygen atoms in total. The molecule has 1 atom stereocenters. The van der Waals surface area contributed by atoms with Crippen LogP contribution in [0.4, 0.5) is 11.4 Å². The summed E-state index contributed by atoms with van der Waals surface area (Å²) in [5, 5.41) is 2.73. The normalized spacial score (nSPS) is 18.0. The summed E-state index contributed by atoms with van der Waals surface area (Å²) in [5.41, 5.74) is 0.942. The number of methoxy groups -OCH3 is 2. The van der Waals surface area contributed by atoms with Gasteiger partial charge in [-0.05, 0) is 36.4 Å². The van der Waals surface area contributed by atoms with Crippen molar-refractivity contribution in [2.75, 3.05) is 29.6 Å². The highest BCUT2D eigenvalue weighted by Crippen LogP contribution is 2.30. The minimum Gasteiger partial charge on any atom is -0.497 e. The molecule has 0 saturated carbocycles. The minimum absolute atomic E-state index is 0.213. The molecule has 9 heteroatoms. The topological polar surface area (TPSA) is 102 Å². The Balaban J connectivity index is 1.83. The molecule has 1 heterocycles. The van der Waals surface area contributed by atoms with Gasteiger partial charge in [0.15, 0.2) is 0 Å². The molecule has 148 valence electrons. The maximum absolute atomic E-state index is 12.6. The Morgan fingerprint density at radius 3 is 2.32 bits per heavy atom. The molecule has 0 bridgehead atoms. The van der Waals surface area contributed by atoms with Crippen molar-refractivity contribution in [1.29, 1.82) is 0 Å². The fourth-order valence-corrected chi connectivity index (χ4v) is 4.76. The number of anilines is 2. The maximum Gasteiger partial charge on any atom is 0.255 e. The minimum atomic E-state index is -3.68. The molecule has 0 radical (unpaired) electrons. The second kappa shape index (κ2) is 7.51. The first-order valence-electron chi connectivity index (χ1n) is 8.47. The summed E-state index contributed by atoms with van der Waals surface area (Å²) in [6.45, 7) is 1.57. The molecule has 28 heavy (non-hydrogen) atoms. The van der Waals surface area contributed by atoms with Crippen LogP contribution < -0.4 is 19.1 Å². The summed E-state index contributed by atoms with van der Waals surface area (Å²) >= 11 is 0. The van der Waals surface area contributed by atoms with Crippen molar-refractivity contribution in [3.8, 4) is 11.5 Å². The van der Waals surface area contributed by atoms with E-state index < -0.39 is 27.8 Å². The van der Waals surface area contributed by atoms with Crippen LogP contribution in [-0.2, 0) is 14.8 Å². The van der Waals surface area contributed by atoms with E-state index in [1.807, 2.05) is 0 Å². The van der Waals surface area contributed by atoms with E-state index >= 15 is 0 Å². The van der Waals surface area contributed by atoms with Crippen LogP contribution in [0.5, 0.6) is 11.5 Å². The molecule has 0 unspecified atom stereocenters. The average molecular weight is 404 g/mol. The highest BCUT2D eigenvalue weighted by atomic mass is 32.2. The molecular weight excluding hydrogens is 384 g/mol. The number of sulfonamides is 1. The van der Waals surface area contributed by atoms with Crippen molar-refractivity contribution in [1.82, 2.24) is 0 Å². The Labute approximate surface area is 163 Å². The number of nitrogens with one attached hydrogen (secondary N) is 1. The van der Waals surface area contributed by atoms with E-state index in [4.69, 9.17) is 9.47 Å². The largest absolute Gasteiger partial charge is 0.497 e. The van der Waals surface area contributed by atoms with Crippen LogP contribution in [0, 0.1) is 5.92 Å². The lowest BCUT2D eigenvalue weighted by molar-refractivity contribution is -0.119. The zero-order chi connectivity index (χ0) is 20.5. The van der Waals surface area contributed by atoms with Crippen LogP contribution in [0.1, 0.15) is 17.3 Å². The Bertz CT molecular complexity index is 1020. The lowest BCUT2D eigenvalue weighted by atomic mass is 10.1. The summed E-state index contributed by atoms with van der Waals surface area (Å²) in [7, 11) is -0.683. The number of benzene rings is 2. The fourth-order valence-electron chi connectivity index (χ4n) is 2.94. The monoisotopic (exact) mass is 404 g/mol. The number of amides is 2. The van der Waals surface area contributed by atoms with Gasteiger partial charge in [-0.3, -0.25) is 9.59 Å². The summed E-state index contributed by atoms with van der Waals surface area (Å²) in [5.74, 6) is -0.676. The van der Waals surface area contributed by atoms with Gasteiger partial charge in [0.1, 0.15) is 11.5 Å². The molecule has 1 aliphatic rings. The SMILES string of the molecule is COc1ccc(OC)c(NC(=O)c2ccc(N3C(=O)[C@H](C)CS3(=O)=O)cc2)c1. The Kier molecular flexibility index (Phi) is 5.28. The Hall–Kier alpha value is -3.07. The lowest BCUT2D eigenvalue weighted by Crippen LogP contribution is -2.30. The van der Waals surface area contributed by atoms with E-state index in [-0.39, 0.29) is 11.4 Å².